The molecule has 4 aromatic carbocycles. The second-order valence-corrected chi connectivity index (χ2v) is 8.63. The molecule has 0 bridgehead atoms. The molecule has 36 heavy (non-hydrogen) atoms. The molecule has 0 aliphatic carbocycles. The van der Waals surface area contributed by atoms with E-state index in [0.717, 1.165) is 18.9 Å². The van der Waals surface area contributed by atoms with Gasteiger partial charge >= 0.3 is 0 Å². The van der Waals surface area contributed by atoms with Crippen molar-refractivity contribution in [3.63, 3.8) is 0 Å². The fourth-order valence-electron chi connectivity index (χ4n) is 4.03. The van der Waals surface area contributed by atoms with Gasteiger partial charge in [-0.25, -0.2) is 26.3 Å². The minimum absolute atomic E-state index is 0.0245. The molecule has 0 atom stereocenters. The Balaban J connectivity index is 1.49. The van der Waals surface area contributed by atoms with E-state index in [0.29, 0.717) is 23.1 Å². The highest BCUT2D eigenvalue weighted by Gasteiger charge is 2.14. The Morgan fingerprint density at radius 2 is 1.33 bits per heavy atom. The third-order valence-electron chi connectivity index (χ3n) is 6.03. The standard InChI is InChI=1S/C30H22F6/c1-2-3-4-20-15-26(32)24(27(33)16-20)12-8-19-6-10-21(25(31)14-19)9-5-18-7-11-23-22(13-18)17-28(34)30(36)29(23)35/h6-7,10-11,13-17H,2-4,8,12H2,1H3. The van der Waals surface area contributed by atoms with E-state index in [1.807, 2.05) is 6.92 Å². The maximum Gasteiger partial charge on any atom is 0.195 e. The number of halogens is 6. The lowest BCUT2D eigenvalue weighted by atomic mass is 9.99. The normalized spacial score (nSPS) is 11.0. The smallest absolute Gasteiger partial charge is 0.195 e. The fourth-order valence-corrected chi connectivity index (χ4v) is 4.03. The van der Waals surface area contributed by atoms with Crippen LogP contribution in [0.15, 0.2) is 54.6 Å². The number of hydrogen-bond acceptors (Lipinski definition) is 0. The van der Waals surface area contributed by atoms with Gasteiger partial charge in [-0.05, 0) is 84.7 Å². The molecule has 0 heterocycles. The van der Waals surface area contributed by atoms with E-state index >= 15 is 0 Å². The summed E-state index contributed by atoms with van der Waals surface area (Å²) < 4.78 is 84.2. The van der Waals surface area contributed by atoms with E-state index < -0.39 is 34.9 Å². The number of aryl methyl sites for hydroxylation is 2. The van der Waals surface area contributed by atoms with Crippen molar-refractivity contribution in [2.45, 2.75) is 39.0 Å². The largest absolute Gasteiger partial charge is 0.207 e. The first-order chi connectivity index (χ1) is 17.3. The third kappa shape index (κ3) is 5.57. The lowest BCUT2D eigenvalue weighted by Crippen LogP contribution is -2.02. The van der Waals surface area contributed by atoms with Crippen molar-refractivity contribution in [1.82, 2.24) is 0 Å². The van der Waals surface area contributed by atoms with Crippen LogP contribution >= 0.6 is 0 Å². The minimum Gasteiger partial charge on any atom is -0.207 e. The zero-order chi connectivity index (χ0) is 25.8. The van der Waals surface area contributed by atoms with Gasteiger partial charge in [0.05, 0.1) is 5.56 Å². The summed E-state index contributed by atoms with van der Waals surface area (Å²) in [6, 6.07) is 12.1. The first kappa shape index (κ1) is 25.4. The van der Waals surface area contributed by atoms with E-state index in [2.05, 4.69) is 11.8 Å². The minimum atomic E-state index is -1.54. The molecule has 4 aromatic rings. The molecule has 0 aromatic heterocycles. The van der Waals surface area contributed by atoms with Crippen LogP contribution in [0.4, 0.5) is 26.3 Å². The van der Waals surface area contributed by atoms with Crippen molar-refractivity contribution in [2.75, 3.05) is 0 Å². The van der Waals surface area contributed by atoms with Crippen molar-refractivity contribution in [1.29, 1.82) is 0 Å². The average Bonchev–Trinajstić information content (AvgIpc) is 2.85. The summed E-state index contributed by atoms with van der Waals surface area (Å²) >= 11 is 0. The summed E-state index contributed by atoms with van der Waals surface area (Å²) in [4.78, 5) is 0. The molecule has 0 nitrogen and oxygen atoms in total. The maximum atomic E-state index is 14.6. The van der Waals surface area contributed by atoms with E-state index in [1.165, 1.54) is 42.5 Å². The highest BCUT2D eigenvalue weighted by Crippen LogP contribution is 2.24. The Hall–Kier alpha value is -3.72. The molecule has 0 aliphatic heterocycles. The molecular weight excluding hydrogens is 474 g/mol. The van der Waals surface area contributed by atoms with Gasteiger partial charge in [0.2, 0.25) is 0 Å². The Labute approximate surface area is 205 Å². The van der Waals surface area contributed by atoms with Gasteiger partial charge in [0.1, 0.15) is 17.5 Å². The first-order valence-electron chi connectivity index (χ1n) is 11.6. The van der Waals surface area contributed by atoms with Gasteiger partial charge in [0.25, 0.3) is 0 Å². The molecule has 184 valence electrons. The van der Waals surface area contributed by atoms with Crippen molar-refractivity contribution in [3.8, 4) is 11.8 Å². The van der Waals surface area contributed by atoms with E-state index in [1.54, 1.807) is 6.07 Å². The van der Waals surface area contributed by atoms with Gasteiger partial charge in [0, 0.05) is 16.5 Å². The molecule has 0 aliphatic rings. The summed E-state index contributed by atoms with van der Waals surface area (Å²) in [5, 5.41) is 0.0466. The van der Waals surface area contributed by atoms with Crippen molar-refractivity contribution >= 4 is 10.8 Å². The lowest BCUT2D eigenvalue weighted by Gasteiger charge is -2.09. The topological polar surface area (TPSA) is 0 Å². The van der Waals surface area contributed by atoms with Crippen LogP contribution in [0.1, 0.15) is 47.6 Å². The van der Waals surface area contributed by atoms with Crippen LogP contribution in [0.25, 0.3) is 10.8 Å². The van der Waals surface area contributed by atoms with Crippen LogP contribution in [-0.4, -0.2) is 0 Å². The van der Waals surface area contributed by atoms with Crippen LogP contribution in [-0.2, 0) is 19.3 Å². The monoisotopic (exact) mass is 496 g/mol. The van der Waals surface area contributed by atoms with Gasteiger partial charge in [-0.15, -0.1) is 0 Å². The number of benzene rings is 4. The fraction of sp³-hybridized carbons (Fsp3) is 0.200. The molecule has 0 saturated heterocycles. The lowest BCUT2D eigenvalue weighted by molar-refractivity contribution is 0.453. The highest BCUT2D eigenvalue weighted by atomic mass is 19.2. The number of fused-ring (bicyclic) bond motifs is 1. The molecular formula is C30H22F6. The van der Waals surface area contributed by atoms with Crippen LogP contribution in [0.2, 0.25) is 0 Å². The predicted octanol–water partition coefficient (Wildman–Crippen LogP) is 8.20. The Morgan fingerprint density at radius 3 is 2.03 bits per heavy atom. The Kier molecular flexibility index (Phi) is 7.69. The van der Waals surface area contributed by atoms with Crippen LogP contribution in [0.5, 0.6) is 0 Å². The van der Waals surface area contributed by atoms with Crippen molar-refractivity contribution in [2.24, 2.45) is 0 Å². The molecule has 0 fully saturated rings. The summed E-state index contributed by atoms with van der Waals surface area (Å²) in [5.74, 6) is -0.520. The van der Waals surface area contributed by atoms with Crippen molar-refractivity contribution < 1.29 is 26.3 Å². The second-order valence-electron chi connectivity index (χ2n) is 8.63. The Bertz CT molecular complexity index is 1470. The van der Waals surface area contributed by atoms with Gasteiger partial charge in [0.15, 0.2) is 17.5 Å². The molecule has 0 N–H and O–H groups in total. The molecule has 0 saturated carbocycles. The highest BCUT2D eigenvalue weighted by molar-refractivity contribution is 5.84. The van der Waals surface area contributed by atoms with Crippen LogP contribution < -0.4 is 0 Å². The van der Waals surface area contributed by atoms with Gasteiger partial charge in [-0.2, -0.15) is 0 Å². The van der Waals surface area contributed by atoms with E-state index in [-0.39, 0.29) is 34.7 Å². The molecule has 0 spiro atoms. The van der Waals surface area contributed by atoms with Crippen LogP contribution in [0.3, 0.4) is 0 Å². The van der Waals surface area contributed by atoms with Gasteiger partial charge in [-0.3, -0.25) is 0 Å². The summed E-state index contributed by atoms with van der Waals surface area (Å²) in [6.45, 7) is 2.01. The maximum absolute atomic E-state index is 14.6. The third-order valence-corrected chi connectivity index (χ3v) is 6.03. The summed E-state index contributed by atoms with van der Waals surface area (Å²) in [6.07, 6.45) is 2.72. The van der Waals surface area contributed by atoms with Crippen LogP contribution in [0, 0.1) is 46.7 Å². The molecule has 0 radical (unpaired) electrons. The number of unbranched alkanes of at least 4 members (excludes halogenated alkanes) is 1. The molecule has 4 rings (SSSR count). The van der Waals surface area contributed by atoms with E-state index in [9.17, 15) is 26.3 Å². The number of rotatable bonds is 6. The number of hydrogen-bond donors (Lipinski definition) is 0. The Morgan fingerprint density at radius 1 is 0.611 bits per heavy atom. The molecule has 0 amide bonds. The average molecular weight is 496 g/mol. The summed E-state index contributed by atoms with van der Waals surface area (Å²) in [5.41, 5.74) is 1.62. The molecule has 0 unspecified atom stereocenters. The van der Waals surface area contributed by atoms with E-state index in [4.69, 9.17) is 0 Å². The summed E-state index contributed by atoms with van der Waals surface area (Å²) in [7, 11) is 0. The SMILES string of the molecule is CCCCc1cc(F)c(CCc2ccc(C#Cc3ccc4c(F)c(F)c(F)cc4c3)c(F)c2)c(F)c1. The van der Waals surface area contributed by atoms with Gasteiger partial charge < -0.3 is 0 Å². The first-order valence-corrected chi connectivity index (χ1v) is 11.6. The predicted molar refractivity (Wildman–Crippen MR) is 129 cm³/mol. The second kappa shape index (κ2) is 10.9. The zero-order valence-electron chi connectivity index (χ0n) is 19.5. The molecule has 6 heteroatoms. The van der Waals surface area contributed by atoms with Crippen molar-refractivity contribution in [3.05, 3.63) is 117 Å². The quantitative estimate of drug-likeness (QED) is 0.143. The zero-order valence-corrected chi connectivity index (χ0v) is 19.5. The van der Waals surface area contributed by atoms with Gasteiger partial charge in [-0.1, -0.05) is 37.3 Å².